The van der Waals surface area contributed by atoms with E-state index < -0.39 is 24.0 Å². The van der Waals surface area contributed by atoms with Crippen molar-refractivity contribution in [3.05, 3.63) is 53.3 Å². The molecule has 1 N–H and O–H groups in total. The SMILES string of the molecule is Cc1ccc(C(O)(Cc2nc(-c3ccc4c(c3)CCO4)no2)C(F)(F)F)o1. The molecule has 3 heterocycles. The van der Waals surface area contributed by atoms with Crippen LogP contribution in [0.1, 0.15) is 23.0 Å². The van der Waals surface area contributed by atoms with E-state index in [-0.39, 0.29) is 17.5 Å². The van der Waals surface area contributed by atoms with Gasteiger partial charge in [0.1, 0.15) is 17.3 Å². The maximum absolute atomic E-state index is 13.6. The molecule has 1 atom stereocenters. The average Bonchev–Trinajstić information content (AvgIpc) is 3.33. The highest BCUT2D eigenvalue weighted by atomic mass is 19.4. The molecule has 1 aliphatic rings. The van der Waals surface area contributed by atoms with Gasteiger partial charge in [0.15, 0.2) is 0 Å². The van der Waals surface area contributed by atoms with Crippen molar-refractivity contribution in [1.82, 2.24) is 10.1 Å². The number of aryl methyl sites for hydroxylation is 1. The van der Waals surface area contributed by atoms with Crippen molar-refractivity contribution in [2.24, 2.45) is 0 Å². The Morgan fingerprint density at radius 1 is 1.19 bits per heavy atom. The number of benzene rings is 1. The first-order chi connectivity index (χ1) is 12.8. The highest BCUT2D eigenvalue weighted by molar-refractivity contribution is 5.59. The maximum atomic E-state index is 13.6. The van der Waals surface area contributed by atoms with Crippen LogP contribution in [0.2, 0.25) is 0 Å². The van der Waals surface area contributed by atoms with Gasteiger partial charge >= 0.3 is 6.18 Å². The molecular weight excluding hydrogens is 365 g/mol. The summed E-state index contributed by atoms with van der Waals surface area (Å²) in [4.78, 5) is 4.02. The van der Waals surface area contributed by atoms with Gasteiger partial charge in [-0.3, -0.25) is 0 Å². The van der Waals surface area contributed by atoms with Crippen LogP contribution in [0.15, 0.2) is 39.3 Å². The summed E-state index contributed by atoms with van der Waals surface area (Å²) in [5.41, 5.74) is -1.70. The third-order valence-electron chi connectivity index (χ3n) is 4.44. The number of ether oxygens (including phenoxy) is 1. The summed E-state index contributed by atoms with van der Waals surface area (Å²) in [6.07, 6.45) is -5.21. The van der Waals surface area contributed by atoms with Crippen molar-refractivity contribution in [2.45, 2.75) is 31.5 Å². The van der Waals surface area contributed by atoms with Crippen molar-refractivity contribution in [2.75, 3.05) is 6.61 Å². The molecule has 6 nitrogen and oxygen atoms in total. The second kappa shape index (κ2) is 6.12. The smallest absolute Gasteiger partial charge is 0.425 e. The van der Waals surface area contributed by atoms with Gasteiger partial charge in [-0.15, -0.1) is 0 Å². The molecule has 9 heteroatoms. The standard InChI is InChI=1S/C18H15F3N2O4/c1-10-2-5-14(26-10)17(24,18(19,20)21)9-15-22-16(23-27-15)12-3-4-13-11(8-12)6-7-25-13/h2-5,8,24H,6-7,9H2,1H3. The third-order valence-corrected chi connectivity index (χ3v) is 4.44. The van der Waals surface area contributed by atoms with Gasteiger partial charge < -0.3 is 18.8 Å². The third kappa shape index (κ3) is 3.08. The Balaban J connectivity index is 1.64. The van der Waals surface area contributed by atoms with Crippen LogP contribution in [-0.2, 0) is 18.4 Å². The molecule has 1 unspecified atom stereocenters. The van der Waals surface area contributed by atoms with E-state index in [1.165, 1.54) is 13.0 Å². The van der Waals surface area contributed by atoms with E-state index >= 15 is 0 Å². The number of aromatic nitrogens is 2. The van der Waals surface area contributed by atoms with Gasteiger partial charge in [0.05, 0.1) is 13.0 Å². The first-order valence-corrected chi connectivity index (χ1v) is 8.21. The van der Waals surface area contributed by atoms with E-state index in [0.717, 1.165) is 23.8 Å². The maximum Gasteiger partial charge on any atom is 0.425 e. The Bertz CT molecular complexity index is 979. The van der Waals surface area contributed by atoms with Crippen molar-refractivity contribution in [3.8, 4) is 17.1 Å². The fourth-order valence-corrected chi connectivity index (χ4v) is 2.97. The van der Waals surface area contributed by atoms with Crippen LogP contribution >= 0.6 is 0 Å². The Hall–Kier alpha value is -2.81. The zero-order valence-corrected chi connectivity index (χ0v) is 14.2. The van der Waals surface area contributed by atoms with E-state index in [1.807, 2.05) is 6.07 Å². The zero-order chi connectivity index (χ0) is 19.2. The van der Waals surface area contributed by atoms with Crippen LogP contribution in [-0.4, -0.2) is 28.0 Å². The van der Waals surface area contributed by atoms with Crippen molar-refractivity contribution in [3.63, 3.8) is 0 Å². The summed E-state index contributed by atoms with van der Waals surface area (Å²) in [7, 11) is 0. The van der Waals surface area contributed by atoms with Gasteiger partial charge in [0.25, 0.3) is 0 Å². The van der Waals surface area contributed by atoms with Crippen LogP contribution in [0, 0.1) is 6.92 Å². The number of halogens is 3. The molecule has 0 aliphatic carbocycles. The number of aliphatic hydroxyl groups is 1. The molecule has 4 rings (SSSR count). The summed E-state index contributed by atoms with van der Waals surface area (Å²) < 4.78 is 56.0. The van der Waals surface area contributed by atoms with Gasteiger partial charge in [-0.2, -0.15) is 18.2 Å². The molecule has 0 spiro atoms. The fourth-order valence-electron chi connectivity index (χ4n) is 2.97. The van der Waals surface area contributed by atoms with E-state index in [4.69, 9.17) is 13.7 Å². The van der Waals surface area contributed by atoms with Crippen molar-refractivity contribution in [1.29, 1.82) is 0 Å². The molecule has 1 aliphatic heterocycles. The number of fused-ring (bicyclic) bond motifs is 1. The molecular formula is C18H15F3N2O4. The minimum absolute atomic E-state index is 0.139. The molecule has 0 amide bonds. The van der Waals surface area contributed by atoms with Gasteiger partial charge in [-0.05, 0) is 42.8 Å². The highest BCUT2D eigenvalue weighted by Gasteiger charge is 2.58. The molecule has 27 heavy (non-hydrogen) atoms. The Morgan fingerprint density at radius 3 is 2.70 bits per heavy atom. The number of alkyl halides is 3. The van der Waals surface area contributed by atoms with Gasteiger partial charge in [0, 0.05) is 12.0 Å². The molecule has 0 bridgehead atoms. The van der Waals surface area contributed by atoms with Crippen LogP contribution < -0.4 is 4.74 Å². The lowest BCUT2D eigenvalue weighted by atomic mass is 9.95. The largest absolute Gasteiger partial charge is 0.493 e. The summed E-state index contributed by atoms with van der Waals surface area (Å²) in [5, 5.41) is 14.1. The molecule has 2 aromatic heterocycles. The summed E-state index contributed by atoms with van der Waals surface area (Å²) in [6.45, 7) is 2.07. The van der Waals surface area contributed by atoms with Gasteiger partial charge in [-0.25, -0.2) is 0 Å². The first kappa shape index (κ1) is 17.6. The van der Waals surface area contributed by atoms with E-state index in [1.54, 1.807) is 12.1 Å². The summed E-state index contributed by atoms with van der Waals surface area (Å²) >= 11 is 0. The highest BCUT2D eigenvalue weighted by Crippen LogP contribution is 2.42. The molecule has 0 fully saturated rings. The lowest BCUT2D eigenvalue weighted by Gasteiger charge is -2.27. The topological polar surface area (TPSA) is 81.5 Å². The molecule has 0 saturated heterocycles. The van der Waals surface area contributed by atoms with Crippen LogP contribution in [0.25, 0.3) is 11.4 Å². The normalized spacial score (nSPS) is 16.0. The van der Waals surface area contributed by atoms with Crippen LogP contribution in [0.3, 0.4) is 0 Å². The number of furan rings is 1. The summed E-state index contributed by atoms with van der Waals surface area (Å²) in [5.74, 6) is 0.179. The Kier molecular flexibility index (Phi) is 3.99. The second-order valence-corrected chi connectivity index (χ2v) is 6.38. The average molecular weight is 380 g/mol. The predicted octanol–water partition coefficient (Wildman–Crippen LogP) is 3.57. The number of hydrogen-bond acceptors (Lipinski definition) is 6. The minimum atomic E-state index is -4.99. The zero-order valence-electron chi connectivity index (χ0n) is 14.2. The van der Waals surface area contributed by atoms with E-state index in [2.05, 4.69) is 10.1 Å². The van der Waals surface area contributed by atoms with Crippen LogP contribution in [0.4, 0.5) is 13.2 Å². The van der Waals surface area contributed by atoms with E-state index in [0.29, 0.717) is 12.2 Å². The minimum Gasteiger partial charge on any atom is -0.493 e. The molecule has 142 valence electrons. The second-order valence-electron chi connectivity index (χ2n) is 6.38. The predicted molar refractivity (Wildman–Crippen MR) is 86.0 cm³/mol. The van der Waals surface area contributed by atoms with Crippen LogP contribution in [0.5, 0.6) is 5.75 Å². The molecule has 3 aromatic rings. The fraction of sp³-hybridized carbons (Fsp3) is 0.333. The number of rotatable bonds is 4. The monoisotopic (exact) mass is 380 g/mol. The molecule has 0 radical (unpaired) electrons. The lowest BCUT2D eigenvalue weighted by Crippen LogP contribution is -2.44. The van der Waals surface area contributed by atoms with Gasteiger partial charge in [0.2, 0.25) is 17.3 Å². The Labute approximate surface area is 151 Å². The lowest BCUT2D eigenvalue weighted by molar-refractivity contribution is -0.273. The van der Waals surface area contributed by atoms with Gasteiger partial charge in [-0.1, -0.05) is 5.16 Å². The van der Waals surface area contributed by atoms with Crippen molar-refractivity contribution < 1.29 is 32.0 Å². The van der Waals surface area contributed by atoms with E-state index in [9.17, 15) is 18.3 Å². The quantitative estimate of drug-likeness (QED) is 0.745. The Morgan fingerprint density at radius 2 is 2.00 bits per heavy atom. The number of hydrogen-bond donors (Lipinski definition) is 1. The number of nitrogens with zero attached hydrogens (tertiary/aromatic N) is 2. The molecule has 1 aromatic carbocycles. The van der Waals surface area contributed by atoms with Crippen molar-refractivity contribution >= 4 is 0 Å². The summed E-state index contributed by atoms with van der Waals surface area (Å²) in [6, 6.07) is 7.69. The first-order valence-electron chi connectivity index (χ1n) is 8.21. The molecule has 0 saturated carbocycles.